The van der Waals surface area contributed by atoms with Gasteiger partial charge in [0.1, 0.15) is 0 Å². The van der Waals surface area contributed by atoms with E-state index >= 15 is 0 Å². The minimum Gasteiger partial charge on any atom is -0.390 e. The molecule has 1 aliphatic heterocycles. The Balaban J connectivity index is 2.28. The largest absolute Gasteiger partial charge is 0.390 e. The smallest absolute Gasteiger partial charge is 0.0837 e. The topological polar surface area (TPSA) is 29.5 Å². The van der Waals surface area contributed by atoms with Gasteiger partial charge in [0.15, 0.2) is 0 Å². The summed E-state index contributed by atoms with van der Waals surface area (Å²) in [6.45, 7) is 4.25. The SMILES string of the molecule is CCCC[C@@H]1O[C@@H](C)CC[C@H]1O. The quantitative estimate of drug-likeness (QED) is 0.706. The predicted molar refractivity (Wildman–Crippen MR) is 49.1 cm³/mol. The first-order valence-corrected chi connectivity index (χ1v) is 5.07. The summed E-state index contributed by atoms with van der Waals surface area (Å²) < 4.78 is 5.65. The summed E-state index contributed by atoms with van der Waals surface area (Å²) in [6.07, 6.45) is 5.51. The monoisotopic (exact) mass is 172 g/mol. The maximum Gasteiger partial charge on any atom is 0.0837 e. The molecule has 1 N–H and O–H groups in total. The number of aliphatic hydroxyl groups is 1. The first-order valence-electron chi connectivity index (χ1n) is 5.07. The van der Waals surface area contributed by atoms with Crippen molar-refractivity contribution in [1.82, 2.24) is 0 Å². The van der Waals surface area contributed by atoms with Crippen molar-refractivity contribution in [1.29, 1.82) is 0 Å². The lowest BCUT2D eigenvalue weighted by molar-refractivity contribution is -0.113. The van der Waals surface area contributed by atoms with E-state index < -0.39 is 0 Å². The first-order chi connectivity index (χ1) is 5.74. The molecule has 2 nitrogen and oxygen atoms in total. The number of hydrogen-bond donors (Lipinski definition) is 1. The highest BCUT2D eigenvalue weighted by molar-refractivity contribution is 4.76. The Kier molecular flexibility index (Phi) is 4.02. The number of rotatable bonds is 3. The van der Waals surface area contributed by atoms with Crippen LogP contribution >= 0.6 is 0 Å². The highest BCUT2D eigenvalue weighted by atomic mass is 16.5. The molecule has 0 spiro atoms. The van der Waals surface area contributed by atoms with Crippen LogP contribution in [-0.2, 0) is 4.74 Å². The average Bonchev–Trinajstić information content (AvgIpc) is 2.07. The summed E-state index contributed by atoms with van der Waals surface area (Å²) in [5, 5.41) is 9.59. The minimum absolute atomic E-state index is 0.105. The zero-order valence-electron chi connectivity index (χ0n) is 8.12. The van der Waals surface area contributed by atoms with E-state index in [1.807, 2.05) is 0 Å². The van der Waals surface area contributed by atoms with Crippen molar-refractivity contribution >= 4 is 0 Å². The van der Waals surface area contributed by atoms with Crippen LogP contribution in [0.1, 0.15) is 46.0 Å². The van der Waals surface area contributed by atoms with E-state index in [1.54, 1.807) is 0 Å². The van der Waals surface area contributed by atoms with E-state index in [2.05, 4.69) is 13.8 Å². The summed E-state index contributed by atoms with van der Waals surface area (Å²) in [5.74, 6) is 0. The third kappa shape index (κ3) is 2.76. The van der Waals surface area contributed by atoms with Crippen LogP contribution in [0.3, 0.4) is 0 Å². The molecule has 1 aliphatic rings. The van der Waals surface area contributed by atoms with Gasteiger partial charge in [-0.15, -0.1) is 0 Å². The van der Waals surface area contributed by atoms with Crippen LogP contribution in [0.2, 0.25) is 0 Å². The fourth-order valence-electron chi connectivity index (χ4n) is 1.71. The molecule has 0 radical (unpaired) electrons. The third-order valence-electron chi connectivity index (χ3n) is 2.55. The van der Waals surface area contributed by atoms with Crippen molar-refractivity contribution < 1.29 is 9.84 Å². The summed E-state index contributed by atoms with van der Waals surface area (Å²) in [7, 11) is 0. The van der Waals surface area contributed by atoms with E-state index in [0.29, 0.717) is 6.10 Å². The molecule has 0 aliphatic carbocycles. The molecule has 12 heavy (non-hydrogen) atoms. The van der Waals surface area contributed by atoms with Gasteiger partial charge in [-0.1, -0.05) is 19.8 Å². The Labute approximate surface area is 74.9 Å². The van der Waals surface area contributed by atoms with Gasteiger partial charge in [0.25, 0.3) is 0 Å². The van der Waals surface area contributed by atoms with E-state index in [9.17, 15) is 5.11 Å². The minimum atomic E-state index is -0.215. The van der Waals surface area contributed by atoms with Crippen LogP contribution in [0.25, 0.3) is 0 Å². The zero-order chi connectivity index (χ0) is 8.97. The molecule has 0 aromatic rings. The van der Waals surface area contributed by atoms with Gasteiger partial charge in [0, 0.05) is 0 Å². The Bertz CT molecular complexity index is 125. The number of ether oxygens (including phenoxy) is 1. The molecule has 2 heteroatoms. The predicted octanol–water partition coefficient (Wildman–Crippen LogP) is 2.11. The molecule has 0 saturated carbocycles. The molecular formula is C10H20O2. The van der Waals surface area contributed by atoms with Crippen LogP contribution in [0.4, 0.5) is 0 Å². The van der Waals surface area contributed by atoms with Gasteiger partial charge in [0.2, 0.25) is 0 Å². The third-order valence-corrected chi connectivity index (χ3v) is 2.55. The average molecular weight is 172 g/mol. The fourth-order valence-corrected chi connectivity index (χ4v) is 1.71. The van der Waals surface area contributed by atoms with Crippen LogP contribution < -0.4 is 0 Å². The fraction of sp³-hybridized carbons (Fsp3) is 1.00. The maximum atomic E-state index is 9.59. The summed E-state index contributed by atoms with van der Waals surface area (Å²) >= 11 is 0. The number of hydrogen-bond acceptors (Lipinski definition) is 2. The highest BCUT2D eigenvalue weighted by Gasteiger charge is 2.26. The van der Waals surface area contributed by atoms with Crippen molar-refractivity contribution in [3.8, 4) is 0 Å². The van der Waals surface area contributed by atoms with Gasteiger partial charge in [-0.25, -0.2) is 0 Å². The van der Waals surface area contributed by atoms with Crippen LogP contribution in [-0.4, -0.2) is 23.4 Å². The van der Waals surface area contributed by atoms with Crippen molar-refractivity contribution in [2.24, 2.45) is 0 Å². The lowest BCUT2D eigenvalue weighted by Crippen LogP contribution is -2.37. The van der Waals surface area contributed by atoms with E-state index in [0.717, 1.165) is 25.7 Å². The molecule has 3 atom stereocenters. The lowest BCUT2D eigenvalue weighted by atomic mass is 9.98. The van der Waals surface area contributed by atoms with Gasteiger partial charge in [-0.3, -0.25) is 0 Å². The maximum absolute atomic E-state index is 9.59. The number of unbranched alkanes of at least 4 members (excludes halogenated alkanes) is 1. The molecule has 0 aromatic heterocycles. The van der Waals surface area contributed by atoms with Crippen molar-refractivity contribution in [2.45, 2.75) is 64.3 Å². The van der Waals surface area contributed by atoms with Crippen molar-refractivity contribution in [2.75, 3.05) is 0 Å². The van der Waals surface area contributed by atoms with Gasteiger partial charge >= 0.3 is 0 Å². The Hall–Kier alpha value is -0.0800. The molecule has 1 saturated heterocycles. The van der Waals surface area contributed by atoms with Crippen molar-refractivity contribution in [3.05, 3.63) is 0 Å². The molecule has 1 rings (SSSR count). The molecule has 72 valence electrons. The second-order valence-electron chi connectivity index (χ2n) is 3.77. The molecule has 0 amide bonds. The highest BCUT2D eigenvalue weighted by Crippen LogP contribution is 2.22. The number of aliphatic hydroxyl groups excluding tert-OH is 1. The zero-order valence-corrected chi connectivity index (χ0v) is 8.12. The molecular weight excluding hydrogens is 152 g/mol. The normalized spacial score (nSPS) is 36.8. The Morgan fingerprint density at radius 2 is 2.17 bits per heavy atom. The van der Waals surface area contributed by atoms with Gasteiger partial charge in [-0.2, -0.15) is 0 Å². The summed E-state index contributed by atoms with van der Waals surface area (Å²) in [6, 6.07) is 0. The molecule has 0 bridgehead atoms. The second kappa shape index (κ2) is 4.83. The van der Waals surface area contributed by atoms with Crippen LogP contribution in [0.15, 0.2) is 0 Å². The van der Waals surface area contributed by atoms with Crippen molar-refractivity contribution in [3.63, 3.8) is 0 Å². The van der Waals surface area contributed by atoms with E-state index in [-0.39, 0.29) is 12.2 Å². The first kappa shape index (κ1) is 10.0. The summed E-state index contributed by atoms with van der Waals surface area (Å²) in [4.78, 5) is 0. The Morgan fingerprint density at radius 1 is 1.42 bits per heavy atom. The summed E-state index contributed by atoms with van der Waals surface area (Å²) in [5.41, 5.74) is 0. The van der Waals surface area contributed by atoms with Gasteiger partial charge in [-0.05, 0) is 26.2 Å². The van der Waals surface area contributed by atoms with Gasteiger partial charge < -0.3 is 9.84 Å². The van der Waals surface area contributed by atoms with Gasteiger partial charge in [0.05, 0.1) is 18.3 Å². The molecule has 0 aromatic carbocycles. The second-order valence-corrected chi connectivity index (χ2v) is 3.77. The standard InChI is InChI=1S/C10H20O2/c1-3-4-5-10-9(11)7-6-8(2)12-10/h8-11H,3-7H2,1-2H3/t8-,9+,10-/m0/s1. The van der Waals surface area contributed by atoms with Crippen LogP contribution in [0, 0.1) is 0 Å². The van der Waals surface area contributed by atoms with Crippen LogP contribution in [0.5, 0.6) is 0 Å². The molecule has 1 fully saturated rings. The molecule has 0 unspecified atom stereocenters. The Morgan fingerprint density at radius 3 is 2.83 bits per heavy atom. The van der Waals surface area contributed by atoms with E-state index in [1.165, 1.54) is 6.42 Å². The lowest BCUT2D eigenvalue weighted by Gasteiger charge is -2.32. The van der Waals surface area contributed by atoms with E-state index in [4.69, 9.17) is 4.74 Å². The molecule has 1 heterocycles.